The summed E-state index contributed by atoms with van der Waals surface area (Å²) in [6, 6.07) is 4.01. The van der Waals surface area contributed by atoms with Gasteiger partial charge in [-0.2, -0.15) is 0 Å². The van der Waals surface area contributed by atoms with E-state index < -0.39 is 0 Å². The normalized spacial score (nSPS) is 15.1. The Morgan fingerprint density at radius 3 is 2.64 bits per heavy atom. The molecule has 0 fully saturated rings. The maximum absolute atomic E-state index is 11.7. The van der Waals surface area contributed by atoms with Crippen LogP contribution in [0.1, 0.15) is 21.5 Å². The molecule has 0 saturated carbocycles. The number of carbonyl (C=O) groups excluding carboxylic acids is 1. The van der Waals surface area contributed by atoms with Crippen LogP contribution in [0.5, 0.6) is 0 Å². The fraction of sp³-hybridized carbons (Fsp3) is 0.364. The van der Waals surface area contributed by atoms with Crippen LogP contribution in [0.25, 0.3) is 0 Å². The Labute approximate surface area is 83.5 Å². The number of hydrogen-bond acceptors (Lipinski definition) is 2. The predicted molar refractivity (Wildman–Crippen MR) is 56.7 cm³/mol. The molecular formula is C11H14N2O. The monoisotopic (exact) mass is 190 g/mol. The Kier molecular flexibility index (Phi) is 2.15. The lowest BCUT2D eigenvalue weighted by Crippen LogP contribution is -2.24. The first-order chi connectivity index (χ1) is 6.68. The molecule has 0 unspecified atom stereocenters. The minimum absolute atomic E-state index is 0.0248. The van der Waals surface area contributed by atoms with Gasteiger partial charge >= 0.3 is 0 Å². The minimum atomic E-state index is 0.0248. The van der Waals surface area contributed by atoms with Crippen molar-refractivity contribution in [1.82, 2.24) is 5.32 Å². The van der Waals surface area contributed by atoms with Crippen molar-refractivity contribution in [3.8, 4) is 0 Å². The van der Waals surface area contributed by atoms with Crippen molar-refractivity contribution >= 4 is 11.6 Å². The van der Waals surface area contributed by atoms with E-state index in [1.807, 2.05) is 19.9 Å². The largest absolute Gasteiger partial charge is 0.382 e. The average Bonchev–Trinajstić information content (AvgIpc) is 2.29. The molecule has 0 radical (unpaired) electrons. The van der Waals surface area contributed by atoms with Gasteiger partial charge in [0.1, 0.15) is 0 Å². The Morgan fingerprint density at radius 2 is 1.86 bits per heavy atom. The number of aryl methyl sites for hydroxylation is 2. The van der Waals surface area contributed by atoms with Gasteiger partial charge in [-0.1, -0.05) is 6.07 Å². The topological polar surface area (TPSA) is 41.1 Å². The van der Waals surface area contributed by atoms with Crippen molar-refractivity contribution in [2.75, 3.05) is 18.4 Å². The van der Waals surface area contributed by atoms with Crippen LogP contribution in [-0.2, 0) is 0 Å². The van der Waals surface area contributed by atoms with Gasteiger partial charge in [-0.05, 0) is 31.0 Å². The number of carbonyl (C=O) groups is 1. The van der Waals surface area contributed by atoms with Crippen molar-refractivity contribution < 1.29 is 4.79 Å². The highest BCUT2D eigenvalue weighted by Gasteiger charge is 2.16. The molecule has 0 bridgehead atoms. The number of amides is 1. The number of rotatable bonds is 0. The molecular weight excluding hydrogens is 176 g/mol. The van der Waals surface area contributed by atoms with Crippen LogP contribution in [-0.4, -0.2) is 19.0 Å². The molecule has 3 nitrogen and oxygen atoms in total. The lowest BCUT2D eigenvalue weighted by atomic mass is 10.0. The molecule has 14 heavy (non-hydrogen) atoms. The molecule has 0 aromatic heterocycles. The number of hydrogen-bond donors (Lipinski definition) is 2. The minimum Gasteiger partial charge on any atom is -0.382 e. The third-order valence-corrected chi connectivity index (χ3v) is 2.44. The molecule has 0 spiro atoms. The summed E-state index contributed by atoms with van der Waals surface area (Å²) in [5.74, 6) is 0.0248. The molecule has 1 aromatic carbocycles. The summed E-state index contributed by atoms with van der Waals surface area (Å²) in [6.07, 6.45) is 0. The molecule has 3 heteroatoms. The first-order valence-electron chi connectivity index (χ1n) is 4.82. The smallest absolute Gasteiger partial charge is 0.253 e. The lowest BCUT2D eigenvalue weighted by molar-refractivity contribution is 0.0958. The van der Waals surface area contributed by atoms with E-state index in [0.29, 0.717) is 6.54 Å². The SMILES string of the molecule is Cc1cc(C)c2c(c1)C(=O)NCCN2. The van der Waals surface area contributed by atoms with Crippen molar-refractivity contribution in [2.45, 2.75) is 13.8 Å². The Balaban J connectivity index is 2.58. The van der Waals surface area contributed by atoms with Crippen LogP contribution in [0.2, 0.25) is 0 Å². The van der Waals surface area contributed by atoms with E-state index in [9.17, 15) is 4.79 Å². The quantitative estimate of drug-likeness (QED) is 0.650. The number of nitrogens with one attached hydrogen (secondary N) is 2. The van der Waals surface area contributed by atoms with E-state index >= 15 is 0 Å². The van der Waals surface area contributed by atoms with Crippen LogP contribution >= 0.6 is 0 Å². The van der Waals surface area contributed by atoms with Crippen LogP contribution in [0.15, 0.2) is 12.1 Å². The van der Waals surface area contributed by atoms with Crippen LogP contribution in [0.4, 0.5) is 5.69 Å². The van der Waals surface area contributed by atoms with Gasteiger partial charge < -0.3 is 10.6 Å². The van der Waals surface area contributed by atoms with Gasteiger partial charge in [0.25, 0.3) is 5.91 Å². The van der Waals surface area contributed by atoms with Crippen molar-refractivity contribution in [3.63, 3.8) is 0 Å². The molecule has 0 saturated heterocycles. The highest BCUT2D eigenvalue weighted by Crippen LogP contribution is 2.23. The highest BCUT2D eigenvalue weighted by molar-refractivity contribution is 6.01. The average molecular weight is 190 g/mol. The lowest BCUT2D eigenvalue weighted by Gasteiger charge is -2.10. The Bertz CT molecular complexity index is 385. The van der Waals surface area contributed by atoms with Crippen LogP contribution < -0.4 is 10.6 Å². The first kappa shape index (κ1) is 9.06. The molecule has 1 amide bonds. The summed E-state index contributed by atoms with van der Waals surface area (Å²) in [6.45, 7) is 5.51. The molecule has 0 atom stereocenters. The van der Waals surface area contributed by atoms with Gasteiger partial charge in [0.2, 0.25) is 0 Å². The fourth-order valence-corrected chi connectivity index (χ4v) is 1.84. The van der Waals surface area contributed by atoms with Crippen LogP contribution in [0, 0.1) is 13.8 Å². The summed E-state index contributed by atoms with van der Waals surface area (Å²) >= 11 is 0. The molecule has 1 heterocycles. The van der Waals surface area contributed by atoms with Crippen molar-refractivity contribution in [2.24, 2.45) is 0 Å². The van der Waals surface area contributed by atoms with Crippen molar-refractivity contribution in [3.05, 3.63) is 28.8 Å². The summed E-state index contributed by atoms with van der Waals surface area (Å²) in [5.41, 5.74) is 4.00. The van der Waals surface area contributed by atoms with Crippen LogP contribution in [0.3, 0.4) is 0 Å². The summed E-state index contributed by atoms with van der Waals surface area (Å²) in [7, 11) is 0. The first-order valence-corrected chi connectivity index (χ1v) is 4.82. The summed E-state index contributed by atoms with van der Waals surface area (Å²) < 4.78 is 0. The van der Waals surface area contributed by atoms with E-state index in [1.54, 1.807) is 0 Å². The molecule has 2 N–H and O–H groups in total. The van der Waals surface area contributed by atoms with Gasteiger partial charge in [-0.25, -0.2) is 0 Å². The van der Waals surface area contributed by atoms with E-state index in [1.165, 1.54) is 0 Å². The Hall–Kier alpha value is -1.51. The molecule has 1 aliphatic rings. The van der Waals surface area contributed by atoms with E-state index in [-0.39, 0.29) is 5.91 Å². The summed E-state index contributed by atoms with van der Waals surface area (Å²) in [5, 5.41) is 6.12. The van der Waals surface area contributed by atoms with Gasteiger partial charge in [0.15, 0.2) is 0 Å². The van der Waals surface area contributed by atoms with Gasteiger partial charge in [-0.3, -0.25) is 4.79 Å². The Morgan fingerprint density at radius 1 is 1.14 bits per heavy atom. The second-order valence-corrected chi connectivity index (χ2v) is 3.69. The number of benzene rings is 1. The molecule has 74 valence electrons. The second kappa shape index (κ2) is 3.33. The number of anilines is 1. The van der Waals surface area contributed by atoms with E-state index in [0.717, 1.165) is 28.9 Å². The maximum Gasteiger partial charge on any atom is 0.253 e. The second-order valence-electron chi connectivity index (χ2n) is 3.69. The zero-order valence-electron chi connectivity index (χ0n) is 8.48. The molecule has 0 aliphatic carbocycles. The third kappa shape index (κ3) is 1.45. The van der Waals surface area contributed by atoms with E-state index in [2.05, 4.69) is 16.7 Å². The molecule has 2 rings (SSSR count). The van der Waals surface area contributed by atoms with Crippen molar-refractivity contribution in [1.29, 1.82) is 0 Å². The highest BCUT2D eigenvalue weighted by atomic mass is 16.1. The maximum atomic E-state index is 11.7. The zero-order valence-corrected chi connectivity index (χ0v) is 8.48. The van der Waals surface area contributed by atoms with Gasteiger partial charge in [-0.15, -0.1) is 0 Å². The zero-order chi connectivity index (χ0) is 10.1. The predicted octanol–water partition coefficient (Wildman–Crippen LogP) is 1.46. The standard InChI is InChI=1S/C11H14N2O/c1-7-5-8(2)10-9(6-7)11(14)13-4-3-12-10/h5-6,12H,3-4H2,1-2H3,(H,13,14). The van der Waals surface area contributed by atoms with Gasteiger partial charge in [0.05, 0.1) is 5.56 Å². The fourth-order valence-electron chi connectivity index (χ4n) is 1.84. The molecule has 1 aliphatic heterocycles. The van der Waals surface area contributed by atoms with Gasteiger partial charge in [0, 0.05) is 18.8 Å². The third-order valence-electron chi connectivity index (χ3n) is 2.44. The van der Waals surface area contributed by atoms with E-state index in [4.69, 9.17) is 0 Å². The summed E-state index contributed by atoms with van der Waals surface area (Å²) in [4.78, 5) is 11.7. The number of fused-ring (bicyclic) bond motifs is 1. The molecule has 1 aromatic rings.